The van der Waals surface area contributed by atoms with Crippen molar-refractivity contribution in [2.75, 3.05) is 13.1 Å². The molecule has 0 spiro atoms. The van der Waals surface area contributed by atoms with Gasteiger partial charge in [0.2, 0.25) is 5.76 Å². The van der Waals surface area contributed by atoms with Crippen molar-refractivity contribution in [3.8, 4) is 0 Å². The zero-order valence-electron chi connectivity index (χ0n) is 12.8. The number of carbonyl (C=O) groups excluding carboxylic acids is 1. The maximum absolute atomic E-state index is 12.5. The van der Waals surface area contributed by atoms with Gasteiger partial charge in [-0.1, -0.05) is 30.3 Å². The van der Waals surface area contributed by atoms with E-state index in [0.29, 0.717) is 19.0 Å². The third kappa shape index (κ3) is 3.44. The van der Waals surface area contributed by atoms with Gasteiger partial charge in [0.1, 0.15) is 0 Å². The number of amides is 1. The van der Waals surface area contributed by atoms with Crippen molar-refractivity contribution in [1.29, 1.82) is 0 Å². The number of rotatable bonds is 3. The van der Waals surface area contributed by atoms with Crippen LogP contribution >= 0.6 is 0 Å². The van der Waals surface area contributed by atoms with E-state index in [4.69, 9.17) is 9.52 Å². The summed E-state index contributed by atoms with van der Waals surface area (Å²) in [6.07, 6.45) is 2.88. The Hall–Kier alpha value is -2.56. The van der Waals surface area contributed by atoms with E-state index in [1.807, 2.05) is 18.2 Å². The molecule has 1 aromatic carbocycles. The van der Waals surface area contributed by atoms with Crippen molar-refractivity contribution in [2.24, 2.45) is 0 Å². The second kappa shape index (κ2) is 6.69. The van der Waals surface area contributed by atoms with Crippen LogP contribution in [0.2, 0.25) is 0 Å². The first-order valence-corrected chi connectivity index (χ1v) is 7.82. The van der Waals surface area contributed by atoms with Crippen LogP contribution < -0.4 is 0 Å². The maximum Gasteiger partial charge on any atom is 0.371 e. The summed E-state index contributed by atoms with van der Waals surface area (Å²) in [5.41, 5.74) is 1.31. The Morgan fingerprint density at radius 1 is 1.00 bits per heavy atom. The zero-order chi connectivity index (χ0) is 16.2. The molecule has 1 aliphatic heterocycles. The third-order valence-electron chi connectivity index (χ3n) is 4.31. The number of aromatic carboxylic acids is 1. The van der Waals surface area contributed by atoms with Crippen LogP contribution in [0.25, 0.3) is 0 Å². The molecule has 23 heavy (non-hydrogen) atoms. The van der Waals surface area contributed by atoms with Gasteiger partial charge >= 0.3 is 5.97 Å². The minimum absolute atomic E-state index is 0.0977. The number of hydrogen-bond acceptors (Lipinski definition) is 3. The first-order valence-electron chi connectivity index (χ1n) is 7.82. The van der Waals surface area contributed by atoms with Crippen molar-refractivity contribution < 1.29 is 19.1 Å². The summed E-state index contributed by atoms with van der Waals surface area (Å²) in [4.78, 5) is 25.1. The quantitative estimate of drug-likeness (QED) is 0.943. The molecule has 0 radical (unpaired) electrons. The summed E-state index contributed by atoms with van der Waals surface area (Å²) < 4.78 is 5.12. The lowest BCUT2D eigenvalue weighted by Crippen LogP contribution is -2.31. The van der Waals surface area contributed by atoms with Gasteiger partial charge < -0.3 is 14.4 Å². The zero-order valence-corrected chi connectivity index (χ0v) is 12.8. The molecule has 5 heteroatoms. The van der Waals surface area contributed by atoms with Crippen LogP contribution in [0.15, 0.2) is 46.9 Å². The van der Waals surface area contributed by atoms with E-state index >= 15 is 0 Å². The molecular formula is C18H19NO4. The highest BCUT2D eigenvalue weighted by molar-refractivity contribution is 5.93. The van der Waals surface area contributed by atoms with Gasteiger partial charge in [-0.15, -0.1) is 0 Å². The van der Waals surface area contributed by atoms with E-state index in [9.17, 15) is 9.59 Å². The fourth-order valence-electron chi connectivity index (χ4n) is 3.08. The van der Waals surface area contributed by atoms with Gasteiger partial charge in [-0.3, -0.25) is 4.79 Å². The molecular weight excluding hydrogens is 294 g/mol. The summed E-state index contributed by atoms with van der Waals surface area (Å²) >= 11 is 0. The molecule has 0 saturated carbocycles. The van der Waals surface area contributed by atoms with Crippen molar-refractivity contribution in [2.45, 2.75) is 25.2 Å². The summed E-state index contributed by atoms with van der Waals surface area (Å²) in [6, 6.07) is 13.1. The first kappa shape index (κ1) is 15.3. The number of carboxylic acid groups (broad SMARTS) is 1. The summed E-state index contributed by atoms with van der Waals surface area (Å²) in [6.45, 7) is 1.33. The third-order valence-corrected chi connectivity index (χ3v) is 4.31. The smallest absolute Gasteiger partial charge is 0.371 e. The fourth-order valence-corrected chi connectivity index (χ4v) is 3.08. The number of carbonyl (C=O) groups is 2. The number of carboxylic acids is 1. The van der Waals surface area contributed by atoms with Crippen LogP contribution in [0, 0.1) is 0 Å². The van der Waals surface area contributed by atoms with Gasteiger partial charge in [0.25, 0.3) is 5.91 Å². The van der Waals surface area contributed by atoms with E-state index in [0.717, 1.165) is 19.3 Å². The molecule has 5 nitrogen and oxygen atoms in total. The van der Waals surface area contributed by atoms with E-state index < -0.39 is 5.97 Å². The molecule has 1 fully saturated rings. The second-order valence-electron chi connectivity index (χ2n) is 5.80. The molecule has 120 valence electrons. The number of furan rings is 1. The average Bonchev–Trinajstić information content (AvgIpc) is 2.94. The highest BCUT2D eigenvalue weighted by Crippen LogP contribution is 2.28. The molecule has 2 aromatic rings. The van der Waals surface area contributed by atoms with E-state index in [1.165, 1.54) is 17.7 Å². The topological polar surface area (TPSA) is 70.8 Å². The lowest BCUT2D eigenvalue weighted by molar-refractivity contribution is 0.0650. The normalized spacial score (nSPS) is 18.4. The SMILES string of the molecule is O=C(O)c1ccc(C(=O)N2CCCC(c3ccccc3)CC2)o1. The Labute approximate surface area is 134 Å². The Bertz CT molecular complexity index is 692. The number of nitrogens with zero attached hydrogens (tertiary/aromatic N) is 1. The number of hydrogen-bond donors (Lipinski definition) is 1. The summed E-state index contributed by atoms with van der Waals surface area (Å²) in [5, 5.41) is 8.88. The Kier molecular flexibility index (Phi) is 4.46. The molecule has 2 heterocycles. The molecule has 1 unspecified atom stereocenters. The predicted molar refractivity (Wildman–Crippen MR) is 84.6 cm³/mol. The molecule has 3 rings (SSSR count). The van der Waals surface area contributed by atoms with E-state index in [2.05, 4.69) is 12.1 Å². The molecule has 0 bridgehead atoms. The Morgan fingerprint density at radius 3 is 2.43 bits per heavy atom. The van der Waals surface area contributed by atoms with E-state index in [-0.39, 0.29) is 17.4 Å². The van der Waals surface area contributed by atoms with Gasteiger partial charge in [0, 0.05) is 13.1 Å². The van der Waals surface area contributed by atoms with Crippen LogP contribution in [0.4, 0.5) is 0 Å². The summed E-state index contributed by atoms with van der Waals surface area (Å²) in [7, 11) is 0. The fraction of sp³-hybridized carbons (Fsp3) is 0.333. The molecule has 1 atom stereocenters. The summed E-state index contributed by atoms with van der Waals surface area (Å²) in [5.74, 6) is -1.04. The van der Waals surface area contributed by atoms with E-state index in [1.54, 1.807) is 4.90 Å². The lowest BCUT2D eigenvalue weighted by atomic mass is 9.92. The van der Waals surface area contributed by atoms with Gasteiger partial charge in [-0.05, 0) is 42.9 Å². The molecule has 1 aliphatic rings. The van der Waals surface area contributed by atoms with Gasteiger partial charge in [-0.25, -0.2) is 4.79 Å². The number of benzene rings is 1. The van der Waals surface area contributed by atoms with Gasteiger partial charge in [0.05, 0.1) is 0 Å². The minimum Gasteiger partial charge on any atom is -0.475 e. The largest absolute Gasteiger partial charge is 0.475 e. The Morgan fingerprint density at radius 2 is 1.74 bits per heavy atom. The molecule has 1 amide bonds. The molecule has 1 N–H and O–H groups in total. The van der Waals surface area contributed by atoms with Crippen molar-refractivity contribution in [1.82, 2.24) is 4.90 Å². The lowest BCUT2D eigenvalue weighted by Gasteiger charge is -2.19. The van der Waals surface area contributed by atoms with Crippen LogP contribution in [0.3, 0.4) is 0 Å². The van der Waals surface area contributed by atoms with Gasteiger partial charge in [0.15, 0.2) is 5.76 Å². The van der Waals surface area contributed by atoms with Crippen LogP contribution in [0.1, 0.15) is 51.9 Å². The van der Waals surface area contributed by atoms with Crippen molar-refractivity contribution in [3.63, 3.8) is 0 Å². The second-order valence-corrected chi connectivity index (χ2v) is 5.80. The molecule has 0 aliphatic carbocycles. The molecule has 1 saturated heterocycles. The standard InChI is InChI=1S/C18H19NO4/c20-17(15-8-9-16(23-15)18(21)22)19-11-4-7-14(10-12-19)13-5-2-1-3-6-13/h1-3,5-6,8-9,14H,4,7,10-12H2,(H,21,22). The highest BCUT2D eigenvalue weighted by atomic mass is 16.4. The van der Waals surface area contributed by atoms with Crippen LogP contribution in [-0.4, -0.2) is 35.0 Å². The predicted octanol–water partition coefficient (Wildman–Crippen LogP) is 3.39. The Balaban J connectivity index is 1.67. The first-order chi connectivity index (χ1) is 11.1. The maximum atomic E-state index is 12.5. The van der Waals surface area contributed by atoms with Crippen LogP contribution in [0.5, 0.6) is 0 Å². The average molecular weight is 313 g/mol. The minimum atomic E-state index is -1.16. The van der Waals surface area contributed by atoms with Gasteiger partial charge in [-0.2, -0.15) is 0 Å². The van der Waals surface area contributed by atoms with Crippen molar-refractivity contribution in [3.05, 3.63) is 59.5 Å². The monoisotopic (exact) mass is 313 g/mol. The van der Waals surface area contributed by atoms with Crippen LogP contribution in [-0.2, 0) is 0 Å². The molecule has 1 aromatic heterocycles. The van der Waals surface area contributed by atoms with Crippen molar-refractivity contribution >= 4 is 11.9 Å². The highest BCUT2D eigenvalue weighted by Gasteiger charge is 2.25. The number of likely N-dealkylation sites (tertiary alicyclic amines) is 1.